The van der Waals surface area contributed by atoms with E-state index in [0.717, 1.165) is 11.1 Å². The third kappa shape index (κ3) is 15.5. The fourth-order valence-electron chi connectivity index (χ4n) is 5.22. The zero-order chi connectivity index (χ0) is 36.3. The van der Waals surface area contributed by atoms with Crippen molar-refractivity contribution in [3.05, 3.63) is 71.3 Å². The van der Waals surface area contributed by atoms with E-state index in [4.69, 9.17) is 34.1 Å². The summed E-state index contributed by atoms with van der Waals surface area (Å²) in [6, 6.07) is 14.6. The fraction of sp³-hybridized carbons (Fsp3) is 0.457. The highest BCUT2D eigenvalue weighted by Crippen LogP contribution is 2.20. The van der Waals surface area contributed by atoms with Crippen LogP contribution in [0.25, 0.3) is 0 Å². The van der Waals surface area contributed by atoms with Crippen LogP contribution in [-0.4, -0.2) is 66.3 Å². The van der Waals surface area contributed by atoms with Crippen molar-refractivity contribution < 1.29 is 19.2 Å². The minimum atomic E-state index is -0.856. The smallest absolute Gasteiger partial charge is 0.224 e. The first-order valence-electron chi connectivity index (χ1n) is 16.5. The number of aryl methyl sites for hydroxylation is 1. The molecule has 0 aliphatic heterocycles. The lowest BCUT2D eigenvalue weighted by molar-refractivity contribution is -0.135. The van der Waals surface area contributed by atoms with Crippen LogP contribution in [0.1, 0.15) is 69.1 Å². The van der Waals surface area contributed by atoms with Crippen LogP contribution in [0.15, 0.2) is 64.6 Å². The summed E-state index contributed by atoms with van der Waals surface area (Å²) in [6.07, 6.45) is 1.99. The molecular weight excluding hydrogens is 624 g/mol. The van der Waals surface area contributed by atoms with Gasteiger partial charge in [-0.25, -0.2) is 0 Å². The molecule has 0 heterocycles. The summed E-state index contributed by atoms with van der Waals surface area (Å²) in [5.74, 6) is -2.41. The van der Waals surface area contributed by atoms with Gasteiger partial charge in [-0.15, -0.1) is 0 Å². The van der Waals surface area contributed by atoms with Crippen molar-refractivity contribution in [1.82, 2.24) is 10.6 Å². The Hall–Kier alpha value is -5.27. The van der Waals surface area contributed by atoms with E-state index < -0.39 is 23.9 Å². The van der Waals surface area contributed by atoms with Gasteiger partial charge in [-0.05, 0) is 49.1 Å². The number of carbonyl (C=O) groups is 4. The van der Waals surface area contributed by atoms with Crippen molar-refractivity contribution in [2.75, 3.05) is 13.1 Å². The van der Waals surface area contributed by atoms with Crippen molar-refractivity contribution in [3.63, 3.8) is 0 Å². The van der Waals surface area contributed by atoms with E-state index in [9.17, 15) is 19.2 Å². The molecule has 0 radical (unpaired) electrons. The number of nitrogens with zero attached hydrogens (tertiary/aromatic N) is 2. The second-order valence-corrected chi connectivity index (χ2v) is 12.3. The number of rotatable bonds is 22. The predicted octanol–water partition coefficient (Wildman–Crippen LogP) is 1.02. The molecule has 3 atom stereocenters. The van der Waals surface area contributed by atoms with Crippen molar-refractivity contribution in [1.29, 1.82) is 5.41 Å². The van der Waals surface area contributed by atoms with Crippen molar-refractivity contribution in [2.24, 2.45) is 50.5 Å². The lowest BCUT2D eigenvalue weighted by Crippen LogP contribution is -2.47. The van der Waals surface area contributed by atoms with Crippen molar-refractivity contribution in [2.45, 2.75) is 77.3 Å². The number of amides is 2. The number of benzene rings is 2. The molecule has 0 aliphatic rings. The number of hydrogen-bond acceptors (Lipinski definition) is 7. The molecule has 266 valence electrons. The first-order chi connectivity index (χ1) is 23.3. The lowest BCUT2D eigenvalue weighted by Gasteiger charge is -2.26. The van der Waals surface area contributed by atoms with Crippen LogP contribution in [0, 0.1) is 17.2 Å². The van der Waals surface area contributed by atoms with Crippen LogP contribution < -0.4 is 39.3 Å². The fourth-order valence-corrected chi connectivity index (χ4v) is 5.22. The summed E-state index contributed by atoms with van der Waals surface area (Å²) in [6.45, 7) is 4.23. The van der Waals surface area contributed by atoms with Gasteiger partial charge >= 0.3 is 0 Å². The van der Waals surface area contributed by atoms with Gasteiger partial charge in [-0.2, -0.15) is 0 Å². The Balaban J connectivity index is 2.17. The summed E-state index contributed by atoms with van der Waals surface area (Å²) < 4.78 is 0. The van der Waals surface area contributed by atoms with Gasteiger partial charge in [-0.1, -0.05) is 68.4 Å². The number of amidine groups is 1. The lowest BCUT2D eigenvalue weighted by atomic mass is 9.86. The molecule has 2 aromatic rings. The maximum Gasteiger partial charge on any atom is 0.224 e. The first kappa shape index (κ1) is 39.9. The van der Waals surface area contributed by atoms with Crippen LogP contribution in [0.4, 0.5) is 0 Å². The molecule has 1 unspecified atom stereocenters. The molecule has 0 fully saturated rings. The molecule has 2 amide bonds. The van der Waals surface area contributed by atoms with Gasteiger partial charge in [-0.3, -0.25) is 34.6 Å². The number of nitrogens with one attached hydrogen (secondary N) is 3. The highest BCUT2D eigenvalue weighted by Gasteiger charge is 2.32. The average Bonchev–Trinajstić information content (AvgIpc) is 3.05. The molecule has 49 heavy (non-hydrogen) atoms. The minimum Gasteiger partial charge on any atom is -0.384 e. The molecule has 0 aromatic heterocycles. The third-order valence-electron chi connectivity index (χ3n) is 8.01. The number of aliphatic imine (C=N–C) groups is 2. The van der Waals surface area contributed by atoms with Crippen LogP contribution in [-0.2, 0) is 32.0 Å². The Morgan fingerprint density at radius 3 is 1.80 bits per heavy atom. The largest absolute Gasteiger partial charge is 0.384 e. The molecule has 0 spiro atoms. The third-order valence-corrected chi connectivity index (χ3v) is 8.01. The number of carbonyl (C=O) groups excluding carboxylic acids is 4. The zero-order valence-corrected chi connectivity index (χ0v) is 28.5. The molecule has 0 saturated heterocycles. The molecule has 0 saturated carbocycles. The van der Waals surface area contributed by atoms with Gasteiger partial charge < -0.3 is 39.3 Å². The summed E-state index contributed by atoms with van der Waals surface area (Å²) in [7, 11) is 0. The van der Waals surface area contributed by atoms with Crippen LogP contribution in [0.3, 0.4) is 0 Å². The van der Waals surface area contributed by atoms with Gasteiger partial charge in [0.25, 0.3) is 0 Å². The van der Waals surface area contributed by atoms with Crippen LogP contribution in [0.2, 0.25) is 0 Å². The number of nitrogens with two attached hydrogens (primary N) is 5. The second-order valence-electron chi connectivity index (χ2n) is 12.3. The van der Waals surface area contributed by atoms with Crippen molar-refractivity contribution >= 4 is 41.1 Å². The van der Waals surface area contributed by atoms with Crippen molar-refractivity contribution in [3.8, 4) is 0 Å². The molecule has 0 bridgehead atoms. The maximum absolute atomic E-state index is 13.7. The number of Topliss-reactive ketones (excluding diaryl/α,β-unsaturated/α-hetero) is 2. The quantitative estimate of drug-likeness (QED) is 0.0502. The molecule has 0 aliphatic carbocycles. The molecular formula is C35H52N10O4. The Morgan fingerprint density at radius 2 is 1.29 bits per heavy atom. The average molecular weight is 677 g/mol. The maximum atomic E-state index is 13.7. The minimum absolute atomic E-state index is 0.0452. The Kier molecular flexibility index (Phi) is 17.0. The van der Waals surface area contributed by atoms with E-state index in [1.54, 1.807) is 12.1 Å². The summed E-state index contributed by atoms with van der Waals surface area (Å²) in [5, 5.41) is 13.3. The zero-order valence-electron chi connectivity index (χ0n) is 28.5. The van der Waals surface area contributed by atoms with E-state index in [1.165, 1.54) is 0 Å². The van der Waals surface area contributed by atoms with Gasteiger partial charge in [0.15, 0.2) is 23.5 Å². The molecule has 2 aromatic carbocycles. The monoisotopic (exact) mass is 676 g/mol. The second kappa shape index (κ2) is 20.9. The van der Waals surface area contributed by atoms with E-state index in [-0.39, 0.29) is 79.9 Å². The van der Waals surface area contributed by atoms with Gasteiger partial charge in [0.2, 0.25) is 11.8 Å². The number of guanidine groups is 2. The van der Waals surface area contributed by atoms with Crippen LogP contribution >= 0.6 is 0 Å². The van der Waals surface area contributed by atoms with Gasteiger partial charge in [0, 0.05) is 37.4 Å². The SMILES string of the molecule is CC(C)[C@H](CC(=O)[C@H](CCCN=C(N)N)NC(=O)Cc1ccccc1)C(=O)NC(CCCN=C(N)N)C(=O)CCc1ccc(C(=N)N)cc1. The summed E-state index contributed by atoms with van der Waals surface area (Å²) >= 11 is 0. The van der Waals surface area contributed by atoms with E-state index in [2.05, 4.69) is 20.6 Å². The molecule has 2 rings (SSSR count). The molecule has 13 N–H and O–H groups in total. The Morgan fingerprint density at radius 1 is 0.735 bits per heavy atom. The Bertz CT molecular complexity index is 1450. The van der Waals surface area contributed by atoms with Gasteiger partial charge in [0.1, 0.15) is 5.84 Å². The van der Waals surface area contributed by atoms with E-state index in [1.807, 2.05) is 56.3 Å². The van der Waals surface area contributed by atoms with Crippen LogP contribution in [0.5, 0.6) is 0 Å². The highest BCUT2D eigenvalue weighted by molar-refractivity contribution is 5.95. The van der Waals surface area contributed by atoms with E-state index >= 15 is 0 Å². The summed E-state index contributed by atoms with van der Waals surface area (Å²) in [4.78, 5) is 61.8. The topological polar surface area (TPSA) is 271 Å². The molecule has 14 nitrogen and oxygen atoms in total. The Labute approximate surface area is 288 Å². The number of hydrogen-bond donors (Lipinski definition) is 8. The predicted molar refractivity (Wildman–Crippen MR) is 193 cm³/mol. The highest BCUT2D eigenvalue weighted by atomic mass is 16.2. The first-order valence-corrected chi connectivity index (χ1v) is 16.5. The number of nitrogen functional groups attached to an aromatic ring is 1. The normalized spacial score (nSPS) is 12.6. The standard InChI is InChI=1S/C35H52N10O4/c1-22(2)26(21-30(47)28(11-7-19-43-35(40)41)44-31(48)20-24-8-4-3-5-9-24)33(49)45-27(10-6-18-42-34(38)39)29(46)17-14-23-12-15-25(16-13-23)32(36)37/h3-5,8-9,12-13,15-16,22,26-28H,6-7,10-11,14,17-21H2,1-2H3,(H3,36,37)(H,44,48)(H,45,49)(H4,38,39,42)(H4,40,41,43)/t26-,27?,28-/m0/s1. The van der Waals surface area contributed by atoms with Gasteiger partial charge in [0.05, 0.1) is 18.5 Å². The summed E-state index contributed by atoms with van der Waals surface area (Å²) in [5.41, 5.74) is 29.6. The number of ketones is 2. The van der Waals surface area contributed by atoms with E-state index in [0.29, 0.717) is 31.2 Å². The molecule has 14 heteroatoms.